The van der Waals surface area contributed by atoms with Crippen LogP contribution in [0.3, 0.4) is 0 Å². The Balaban J connectivity index is 2.23. The highest BCUT2D eigenvalue weighted by Gasteiger charge is 2.36. The SMILES string of the molecule is CCSc1nc2c(c(=O)[nH]1)C(c1cccc(Br)c1)C(C(=O)OC(C)C)=C(C)N2. The van der Waals surface area contributed by atoms with E-state index < -0.39 is 11.9 Å². The smallest absolute Gasteiger partial charge is 0.337 e. The molecule has 1 aromatic carbocycles. The van der Waals surface area contributed by atoms with Crippen molar-refractivity contribution in [3.05, 3.63) is 61.5 Å². The van der Waals surface area contributed by atoms with Gasteiger partial charge >= 0.3 is 5.97 Å². The number of halogens is 1. The van der Waals surface area contributed by atoms with Gasteiger partial charge in [-0.05, 0) is 44.2 Å². The second-order valence-electron chi connectivity index (χ2n) is 6.67. The van der Waals surface area contributed by atoms with Gasteiger partial charge in [-0.2, -0.15) is 0 Å². The first-order chi connectivity index (χ1) is 13.3. The molecule has 8 heteroatoms. The quantitative estimate of drug-likeness (QED) is 0.387. The second kappa shape index (κ2) is 8.53. The minimum absolute atomic E-state index is 0.263. The Labute approximate surface area is 176 Å². The Morgan fingerprint density at radius 3 is 2.79 bits per heavy atom. The van der Waals surface area contributed by atoms with Crippen LogP contribution < -0.4 is 10.9 Å². The van der Waals surface area contributed by atoms with Crippen LogP contribution in [0.25, 0.3) is 0 Å². The molecule has 1 atom stereocenters. The molecule has 28 heavy (non-hydrogen) atoms. The Bertz CT molecular complexity index is 1000. The van der Waals surface area contributed by atoms with Crippen molar-refractivity contribution >= 4 is 39.5 Å². The predicted octanol–water partition coefficient (Wildman–Crippen LogP) is 4.43. The van der Waals surface area contributed by atoms with Gasteiger partial charge in [0, 0.05) is 10.2 Å². The van der Waals surface area contributed by atoms with Crippen molar-refractivity contribution in [3.63, 3.8) is 0 Å². The van der Waals surface area contributed by atoms with Crippen molar-refractivity contribution in [2.24, 2.45) is 0 Å². The fourth-order valence-electron chi connectivity index (χ4n) is 3.20. The van der Waals surface area contributed by atoms with Gasteiger partial charge in [0.05, 0.1) is 23.2 Å². The third-order valence-corrected chi connectivity index (χ3v) is 5.50. The number of H-pyrrole nitrogens is 1. The maximum Gasteiger partial charge on any atom is 0.337 e. The van der Waals surface area contributed by atoms with Crippen LogP contribution in [0.4, 0.5) is 5.82 Å². The molecule has 0 saturated heterocycles. The zero-order valence-electron chi connectivity index (χ0n) is 16.1. The number of thioether (sulfide) groups is 1. The number of esters is 1. The van der Waals surface area contributed by atoms with E-state index in [-0.39, 0.29) is 11.7 Å². The van der Waals surface area contributed by atoms with Crippen molar-refractivity contribution in [3.8, 4) is 0 Å². The molecule has 2 N–H and O–H groups in total. The number of benzene rings is 1. The number of hydrogen-bond acceptors (Lipinski definition) is 6. The van der Waals surface area contributed by atoms with Gasteiger partial charge in [0.1, 0.15) is 5.82 Å². The summed E-state index contributed by atoms with van der Waals surface area (Å²) >= 11 is 4.94. The van der Waals surface area contributed by atoms with Crippen LogP contribution in [-0.4, -0.2) is 27.8 Å². The zero-order valence-corrected chi connectivity index (χ0v) is 18.5. The molecule has 1 unspecified atom stereocenters. The number of nitrogens with zero attached hydrogens (tertiary/aromatic N) is 1. The van der Waals surface area contributed by atoms with Crippen molar-refractivity contribution in [2.75, 3.05) is 11.1 Å². The lowest BCUT2D eigenvalue weighted by molar-refractivity contribution is -0.143. The van der Waals surface area contributed by atoms with E-state index in [0.717, 1.165) is 15.8 Å². The first kappa shape index (κ1) is 20.7. The van der Waals surface area contributed by atoms with Gasteiger partial charge in [0.2, 0.25) is 0 Å². The molecule has 0 amide bonds. The molecule has 1 aliphatic rings. The van der Waals surface area contributed by atoms with Crippen molar-refractivity contribution < 1.29 is 9.53 Å². The van der Waals surface area contributed by atoms with E-state index in [0.29, 0.717) is 27.8 Å². The number of carbonyl (C=O) groups excluding carboxylic acids is 1. The van der Waals surface area contributed by atoms with Crippen molar-refractivity contribution in [1.29, 1.82) is 0 Å². The van der Waals surface area contributed by atoms with E-state index in [1.165, 1.54) is 11.8 Å². The van der Waals surface area contributed by atoms with Crippen LogP contribution in [0, 0.1) is 0 Å². The van der Waals surface area contributed by atoms with E-state index in [1.807, 2.05) is 31.2 Å². The van der Waals surface area contributed by atoms with Crippen LogP contribution in [0.5, 0.6) is 0 Å². The summed E-state index contributed by atoms with van der Waals surface area (Å²) in [5.74, 6) is 0.250. The summed E-state index contributed by atoms with van der Waals surface area (Å²) in [6.07, 6.45) is -0.267. The van der Waals surface area contributed by atoms with E-state index in [4.69, 9.17) is 4.74 Å². The molecule has 0 bridgehead atoms. The molecule has 1 aliphatic heterocycles. The molecule has 0 saturated carbocycles. The number of anilines is 1. The predicted molar refractivity (Wildman–Crippen MR) is 115 cm³/mol. The lowest BCUT2D eigenvalue weighted by Crippen LogP contribution is -2.31. The molecule has 6 nitrogen and oxygen atoms in total. The molecule has 2 aromatic rings. The molecular formula is C20H22BrN3O3S. The number of ether oxygens (including phenoxy) is 1. The Morgan fingerprint density at radius 2 is 2.14 bits per heavy atom. The number of hydrogen-bond donors (Lipinski definition) is 2. The first-order valence-corrected chi connectivity index (χ1v) is 10.8. The zero-order chi connectivity index (χ0) is 20.4. The summed E-state index contributed by atoms with van der Waals surface area (Å²) in [6.45, 7) is 7.40. The molecule has 148 valence electrons. The molecule has 0 radical (unpaired) electrons. The minimum Gasteiger partial charge on any atom is -0.460 e. The average Bonchev–Trinajstić information content (AvgIpc) is 2.60. The highest BCUT2D eigenvalue weighted by molar-refractivity contribution is 9.10. The number of fused-ring (bicyclic) bond motifs is 1. The van der Waals surface area contributed by atoms with Gasteiger partial charge in [-0.15, -0.1) is 0 Å². The Hall–Kier alpha value is -2.06. The summed E-state index contributed by atoms with van der Waals surface area (Å²) < 4.78 is 6.34. The number of carbonyl (C=O) groups is 1. The summed E-state index contributed by atoms with van der Waals surface area (Å²) in [7, 11) is 0. The van der Waals surface area contributed by atoms with Gasteiger partial charge in [0.25, 0.3) is 5.56 Å². The summed E-state index contributed by atoms with van der Waals surface area (Å²) in [6, 6.07) is 7.58. The van der Waals surface area contributed by atoms with Crippen LogP contribution in [0.2, 0.25) is 0 Å². The average molecular weight is 464 g/mol. The number of aromatic amines is 1. The summed E-state index contributed by atoms with van der Waals surface area (Å²) in [5, 5.41) is 3.69. The normalized spacial score (nSPS) is 16.0. The van der Waals surface area contributed by atoms with Crippen molar-refractivity contribution in [2.45, 2.75) is 44.9 Å². The molecular weight excluding hydrogens is 442 g/mol. The number of aromatic nitrogens is 2. The lowest BCUT2D eigenvalue weighted by atomic mass is 9.82. The number of nitrogens with one attached hydrogen (secondary N) is 2. The molecule has 1 aromatic heterocycles. The lowest BCUT2D eigenvalue weighted by Gasteiger charge is -2.29. The monoisotopic (exact) mass is 463 g/mol. The van der Waals surface area contributed by atoms with Crippen LogP contribution in [0.15, 0.2) is 50.0 Å². The molecule has 0 spiro atoms. The molecule has 3 rings (SSSR count). The minimum atomic E-state index is -0.572. The second-order valence-corrected chi connectivity index (χ2v) is 8.84. The fraction of sp³-hybridized carbons (Fsp3) is 0.350. The van der Waals surface area contributed by atoms with E-state index >= 15 is 0 Å². The van der Waals surface area contributed by atoms with E-state index in [2.05, 4.69) is 31.2 Å². The number of allylic oxidation sites excluding steroid dienone is 1. The Morgan fingerprint density at radius 1 is 1.39 bits per heavy atom. The maximum atomic E-state index is 13.0. The topological polar surface area (TPSA) is 84.1 Å². The molecule has 0 aliphatic carbocycles. The third kappa shape index (κ3) is 4.17. The van der Waals surface area contributed by atoms with Crippen LogP contribution in [-0.2, 0) is 9.53 Å². The van der Waals surface area contributed by atoms with E-state index in [9.17, 15) is 9.59 Å². The van der Waals surface area contributed by atoms with Gasteiger partial charge in [-0.3, -0.25) is 4.79 Å². The fourth-order valence-corrected chi connectivity index (χ4v) is 4.21. The third-order valence-electron chi connectivity index (χ3n) is 4.25. The molecule has 2 heterocycles. The van der Waals surface area contributed by atoms with E-state index in [1.54, 1.807) is 20.8 Å². The molecule has 0 fully saturated rings. The van der Waals surface area contributed by atoms with Gasteiger partial charge in [-0.1, -0.05) is 46.7 Å². The largest absolute Gasteiger partial charge is 0.460 e. The van der Waals surface area contributed by atoms with Crippen LogP contribution >= 0.6 is 27.7 Å². The van der Waals surface area contributed by atoms with Gasteiger partial charge in [0.15, 0.2) is 5.16 Å². The van der Waals surface area contributed by atoms with Gasteiger partial charge < -0.3 is 15.0 Å². The highest BCUT2D eigenvalue weighted by atomic mass is 79.9. The summed E-state index contributed by atoms with van der Waals surface area (Å²) in [4.78, 5) is 33.3. The number of rotatable bonds is 5. The van der Waals surface area contributed by atoms with Gasteiger partial charge in [-0.25, -0.2) is 9.78 Å². The maximum absolute atomic E-state index is 13.0. The summed E-state index contributed by atoms with van der Waals surface area (Å²) in [5.41, 5.74) is 2.02. The van der Waals surface area contributed by atoms with Crippen LogP contribution in [0.1, 0.15) is 44.7 Å². The highest BCUT2D eigenvalue weighted by Crippen LogP contribution is 2.40. The first-order valence-electron chi connectivity index (χ1n) is 9.03. The Kier molecular flexibility index (Phi) is 6.30. The van der Waals surface area contributed by atoms with Crippen molar-refractivity contribution in [1.82, 2.24) is 9.97 Å². The standard InChI is InChI=1S/C20H22BrN3O3S/c1-5-28-20-23-17-16(18(25)24-20)15(12-7-6-8-13(21)9-12)14(11(4)22-17)19(26)27-10(2)3/h6-10,15H,5H2,1-4H3,(H2,22,23,24,25).